The predicted molar refractivity (Wildman–Crippen MR) is 83.0 cm³/mol. The van der Waals surface area contributed by atoms with E-state index in [0.717, 1.165) is 21.5 Å². The van der Waals surface area contributed by atoms with E-state index in [-0.39, 0.29) is 6.04 Å². The van der Waals surface area contributed by atoms with Crippen LogP contribution in [0.5, 0.6) is 11.6 Å². The van der Waals surface area contributed by atoms with Crippen LogP contribution in [0.25, 0.3) is 0 Å². The van der Waals surface area contributed by atoms with Gasteiger partial charge >= 0.3 is 0 Å². The minimum absolute atomic E-state index is 0.174. The fourth-order valence-corrected chi connectivity index (χ4v) is 2.41. The summed E-state index contributed by atoms with van der Waals surface area (Å²) in [4.78, 5) is 0. The fraction of sp³-hybridized carbons (Fsp3) is 0.286. The second-order valence-corrected chi connectivity index (χ2v) is 5.30. The number of hydrazine groups is 1. The molecule has 0 bridgehead atoms. The third-order valence-electron chi connectivity index (χ3n) is 3.09. The molecule has 0 saturated heterocycles. The highest BCUT2D eigenvalue weighted by Gasteiger charge is 2.16. The van der Waals surface area contributed by atoms with Gasteiger partial charge in [0.1, 0.15) is 5.75 Å². The Labute approximate surface area is 131 Å². The summed E-state index contributed by atoms with van der Waals surface area (Å²) in [5.41, 5.74) is 4.52. The van der Waals surface area contributed by atoms with Gasteiger partial charge in [-0.05, 0) is 36.2 Å². The summed E-state index contributed by atoms with van der Waals surface area (Å²) in [5, 5.41) is 8.08. The first-order valence-electron chi connectivity index (χ1n) is 6.34. The van der Waals surface area contributed by atoms with Gasteiger partial charge in [0, 0.05) is 10.5 Å². The van der Waals surface area contributed by atoms with Crippen LogP contribution in [0.3, 0.4) is 0 Å². The number of halogens is 1. The zero-order chi connectivity index (χ0) is 15.2. The molecule has 2 rings (SSSR count). The number of aromatic nitrogens is 2. The minimum Gasteiger partial charge on any atom is -0.496 e. The van der Waals surface area contributed by atoms with Crippen molar-refractivity contribution in [3.8, 4) is 11.6 Å². The number of methoxy groups -OCH3 is 2. The maximum Gasteiger partial charge on any atom is 0.233 e. The van der Waals surface area contributed by atoms with E-state index in [1.807, 2.05) is 24.3 Å². The highest BCUT2D eigenvalue weighted by Crippen LogP contribution is 2.27. The molecule has 2 aromatic rings. The number of ether oxygens (including phenoxy) is 2. The summed E-state index contributed by atoms with van der Waals surface area (Å²) in [7, 11) is 3.19. The fourth-order valence-electron chi connectivity index (χ4n) is 2.00. The predicted octanol–water partition coefficient (Wildman–Crippen LogP) is 2.00. The molecule has 6 nitrogen and oxygen atoms in total. The lowest BCUT2D eigenvalue weighted by Crippen LogP contribution is -2.30. The van der Waals surface area contributed by atoms with Crippen LogP contribution < -0.4 is 20.7 Å². The Morgan fingerprint density at radius 1 is 1.19 bits per heavy atom. The maximum absolute atomic E-state index is 5.65. The highest BCUT2D eigenvalue weighted by molar-refractivity contribution is 9.10. The molecule has 1 aromatic carbocycles. The van der Waals surface area contributed by atoms with Gasteiger partial charge in [-0.1, -0.05) is 15.9 Å². The number of nitrogens with two attached hydrogens (primary N) is 1. The van der Waals surface area contributed by atoms with E-state index in [2.05, 4.69) is 31.6 Å². The lowest BCUT2D eigenvalue weighted by molar-refractivity contribution is 0.388. The third kappa shape index (κ3) is 3.90. The van der Waals surface area contributed by atoms with Crippen molar-refractivity contribution >= 4 is 15.9 Å². The van der Waals surface area contributed by atoms with Crippen LogP contribution in [0.4, 0.5) is 0 Å². The zero-order valence-electron chi connectivity index (χ0n) is 11.8. The highest BCUT2D eigenvalue weighted by atomic mass is 79.9. The van der Waals surface area contributed by atoms with Crippen molar-refractivity contribution in [3.63, 3.8) is 0 Å². The van der Waals surface area contributed by atoms with Gasteiger partial charge in [0.05, 0.1) is 26.0 Å². The molecule has 0 radical (unpaired) electrons. The Hall–Kier alpha value is -1.70. The molecule has 112 valence electrons. The topological polar surface area (TPSA) is 82.3 Å². The summed E-state index contributed by atoms with van der Waals surface area (Å²) < 4.78 is 11.4. The lowest BCUT2D eigenvalue weighted by Gasteiger charge is -2.17. The summed E-state index contributed by atoms with van der Waals surface area (Å²) in [6.07, 6.45) is 0.625. The molecule has 7 heteroatoms. The number of hydrogen-bond donors (Lipinski definition) is 2. The molecule has 0 aliphatic heterocycles. The first-order chi connectivity index (χ1) is 10.2. The Balaban J connectivity index is 2.23. The van der Waals surface area contributed by atoms with Crippen molar-refractivity contribution in [2.45, 2.75) is 12.5 Å². The molecule has 0 aliphatic carbocycles. The van der Waals surface area contributed by atoms with Crippen LogP contribution in [-0.4, -0.2) is 24.4 Å². The van der Waals surface area contributed by atoms with Crippen LogP contribution in [0.15, 0.2) is 34.8 Å². The lowest BCUT2D eigenvalue weighted by atomic mass is 10.0. The monoisotopic (exact) mass is 352 g/mol. The number of nitrogens with one attached hydrogen (secondary N) is 1. The second kappa shape index (κ2) is 7.35. The van der Waals surface area contributed by atoms with Crippen molar-refractivity contribution < 1.29 is 9.47 Å². The Bertz CT molecular complexity index is 592. The smallest absolute Gasteiger partial charge is 0.233 e. The summed E-state index contributed by atoms with van der Waals surface area (Å²) in [5.74, 6) is 6.92. The van der Waals surface area contributed by atoms with E-state index in [4.69, 9.17) is 15.3 Å². The van der Waals surface area contributed by atoms with Gasteiger partial charge in [-0.3, -0.25) is 11.3 Å². The summed E-state index contributed by atoms with van der Waals surface area (Å²) >= 11 is 3.46. The SMILES string of the molecule is COc1ccc(C(Cc2cc(Br)ccc2OC)NN)nn1. The number of nitrogens with zero attached hydrogens (tertiary/aromatic N) is 2. The average molecular weight is 353 g/mol. The van der Waals surface area contributed by atoms with E-state index >= 15 is 0 Å². The van der Waals surface area contributed by atoms with Gasteiger partial charge in [0.15, 0.2) is 0 Å². The van der Waals surface area contributed by atoms with Crippen LogP contribution in [0.2, 0.25) is 0 Å². The summed E-state index contributed by atoms with van der Waals surface area (Å²) in [6, 6.07) is 9.25. The van der Waals surface area contributed by atoms with E-state index in [9.17, 15) is 0 Å². The molecule has 0 saturated carbocycles. The molecule has 0 fully saturated rings. The van der Waals surface area contributed by atoms with E-state index in [0.29, 0.717) is 12.3 Å². The quantitative estimate of drug-likeness (QED) is 0.611. The molecule has 3 N–H and O–H groups in total. The molecular weight excluding hydrogens is 336 g/mol. The minimum atomic E-state index is -0.174. The number of benzene rings is 1. The molecular formula is C14H17BrN4O2. The maximum atomic E-state index is 5.65. The summed E-state index contributed by atoms with van der Waals surface area (Å²) in [6.45, 7) is 0. The van der Waals surface area contributed by atoms with E-state index in [1.165, 1.54) is 0 Å². The molecule has 0 aliphatic rings. The molecule has 1 unspecified atom stereocenters. The van der Waals surface area contributed by atoms with Crippen molar-refractivity contribution in [1.82, 2.24) is 15.6 Å². The van der Waals surface area contributed by atoms with Crippen LogP contribution in [0, 0.1) is 0 Å². The standard InChI is InChI=1S/C14H17BrN4O2/c1-20-13-5-3-10(15)7-9(13)8-12(17-16)11-4-6-14(21-2)19-18-11/h3-7,12,17H,8,16H2,1-2H3. The number of rotatable bonds is 6. The number of hydrogen-bond acceptors (Lipinski definition) is 6. The Morgan fingerprint density at radius 2 is 2.00 bits per heavy atom. The average Bonchev–Trinajstić information content (AvgIpc) is 2.53. The van der Waals surface area contributed by atoms with Gasteiger partial charge in [0.25, 0.3) is 0 Å². The van der Waals surface area contributed by atoms with Crippen molar-refractivity contribution in [3.05, 3.63) is 46.1 Å². The second-order valence-electron chi connectivity index (χ2n) is 4.38. The molecule has 21 heavy (non-hydrogen) atoms. The van der Waals surface area contributed by atoms with Gasteiger partial charge in [-0.2, -0.15) is 5.10 Å². The van der Waals surface area contributed by atoms with E-state index in [1.54, 1.807) is 20.3 Å². The first-order valence-corrected chi connectivity index (χ1v) is 7.13. The molecule has 1 heterocycles. The van der Waals surface area contributed by atoms with Crippen LogP contribution in [0.1, 0.15) is 17.3 Å². The zero-order valence-corrected chi connectivity index (χ0v) is 13.4. The van der Waals surface area contributed by atoms with Crippen molar-refractivity contribution in [2.75, 3.05) is 14.2 Å². The largest absolute Gasteiger partial charge is 0.496 e. The van der Waals surface area contributed by atoms with Gasteiger partial charge in [-0.15, -0.1) is 5.10 Å². The Kier molecular flexibility index (Phi) is 5.49. The molecule has 1 atom stereocenters. The Morgan fingerprint density at radius 3 is 2.57 bits per heavy atom. The van der Waals surface area contributed by atoms with Crippen molar-refractivity contribution in [1.29, 1.82) is 0 Å². The third-order valence-corrected chi connectivity index (χ3v) is 3.59. The first kappa shape index (κ1) is 15.7. The molecule has 1 aromatic heterocycles. The molecule has 0 amide bonds. The van der Waals surface area contributed by atoms with Crippen LogP contribution >= 0.6 is 15.9 Å². The van der Waals surface area contributed by atoms with Crippen molar-refractivity contribution in [2.24, 2.45) is 5.84 Å². The van der Waals surface area contributed by atoms with Gasteiger partial charge in [0.2, 0.25) is 5.88 Å². The molecule has 0 spiro atoms. The van der Waals surface area contributed by atoms with Gasteiger partial charge in [-0.25, -0.2) is 0 Å². The van der Waals surface area contributed by atoms with E-state index < -0.39 is 0 Å². The normalized spacial score (nSPS) is 12.0. The van der Waals surface area contributed by atoms with Crippen LogP contribution in [-0.2, 0) is 6.42 Å². The van der Waals surface area contributed by atoms with Gasteiger partial charge < -0.3 is 9.47 Å².